The molecular formula is C19H17N7O3S. The molecule has 4 aromatic rings. The lowest BCUT2D eigenvalue weighted by Crippen LogP contribution is -2.18. The van der Waals surface area contributed by atoms with Crippen molar-refractivity contribution < 1.29 is 14.0 Å². The largest absolute Gasteiger partial charge is 0.458 e. The Morgan fingerprint density at radius 3 is 2.73 bits per heavy atom. The molecule has 0 saturated carbocycles. The third-order valence-corrected chi connectivity index (χ3v) is 4.85. The minimum Gasteiger partial charge on any atom is -0.458 e. The molecule has 0 fully saturated rings. The SMILES string of the molecule is CC(=O)NCc1ccc(-c2csc(NC(=O)Cc3ccc(-n4cnnn4)cc3)n2)o1. The number of carbonyl (C=O) groups is 2. The van der Waals surface area contributed by atoms with Gasteiger partial charge in [0.05, 0.1) is 18.7 Å². The van der Waals surface area contributed by atoms with Crippen molar-refractivity contribution in [2.45, 2.75) is 19.9 Å². The molecule has 0 aliphatic heterocycles. The summed E-state index contributed by atoms with van der Waals surface area (Å²) in [6.07, 6.45) is 1.72. The van der Waals surface area contributed by atoms with E-state index < -0.39 is 0 Å². The molecule has 2 N–H and O–H groups in total. The van der Waals surface area contributed by atoms with E-state index in [-0.39, 0.29) is 18.2 Å². The zero-order valence-corrected chi connectivity index (χ0v) is 16.7. The van der Waals surface area contributed by atoms with Crippen molar-refractivity contribution in [3.63, 3.8) is 0 Å². The van der Waals surface area contributed by atoms with Gasteiger partial charge in [-0.25, -0.2) is 9.67 Å². The van der Waals surface area contributed by atoms with Crippen molar-refractivity contribution >= 4 is 28.3 Å². The molecule has 0 radical (unpaired) electrons. The normalized spacial score (nSPS) is 10.7. The summed E-state index contributed by atoms with van der Waals surface area (Å²) < 4.78 is 7.22. The molecule has 1 aromatic carbocycles. The molecule has 10 nitrogen and oxygen atoms in total. The summed E-state index contributed by atoms with van der Waals surface area (Å²) in [6.45, 7) is 1.76. The van der Waals surface area contributed by atoms with Gasteiger partial charge in [0.25, 0.3) is 0 Å². The molecule has 3 aromatic heterocycles. The smallest absolute Gasteiger partial charge is 0.230 e. The standard InChI is InChI=1S/C19H17N7O3S/c1-12(27)20-9-15-6-7-17(29-15)16-10-30-19(22-16)23-18(28)8-13-2-4-14(5-3-13)26-11-21-24-25-26/h2-7,10-11H,8-9H2,1H3,(H,20,27)(H,22,23,28). The first-order valence-corrected chi connectivity index (χ1v) is 9.86. The Morgan fingerprint density at radius 1 is 1.17 bits per heavy atom. The lowest BCUT2D eigenvalue weighted by Gasteiger charge is -2.04. The zero-order valence-electron chi connectivity index (χ0n) is 15.9. The molecule has 11 heteroatoms. The van der Waals surface area contributed by atoms with Gasteiger partial charge >= 0.3 is 0 Å². The summed E-state index contributed by atoms with van der Waals surface area (Å²) in [4.78, 5) is 27.7. The Labute approximate surface area is 174 Å². The number of tetrazole rings is 1. The Morgan fingerprint density at radius 2 is 2.00 bits per heavy atom. The highest BCUT2D eigenvalue weighted by molar-refractivity contribution is 7.14. The molecular weight excluding hydrogens is 406 g/mol. The second kappa shape index (κ2) is 8.66. The van der Waals surface area contributed by atoms with E-state index in [0.717, 1.165) is 11.3 Å². The van der Waals surface area contributed by atoms with Gasteiger partial charge < -0.3 is 15.1 Å². The monoisotopic (exact) mass is 423 g/mol. The van der Waals surface area contributed by atoms with Crippen molar-refractivity contribution in [1.82, 2.24) is 30.5 Å². The number of rotatable bonds is 7. The molecule has 152 valence electrons. The predicted octanol–water partition coefficient (Wildman–Crippen LogP) is 2.20. The number of furan rings is 1. The molecule has 0 aliphatic carbocycles. The Balaban J connectivity index is 1.34. The Kier molecular flexibility index (Phi) is 5.61. The van der Waals surface area contributed by atoms with E-state index in [1.165, 1.54) is 29.3 Å². The lowest BCUT2D eigenvalue weighted by atomic mass is 10.1. The summed E-state index contributed by atoms with van der Waals surface area (Å²) >= 11 is 1.31. The number of aromatic nitrogens is 5. The maximum atomic E-state index is 12.3. The summed E-state index contributed by atoms with van der Waals surface area (Å²) in [6, 6.07) is 10.9. The van der Waals surface area contributed by atoms with E-state index in [4.69, 9.17) is 4.42 Å². The van der Waals surface area contributed by atoms with Gasteiger partial charge in [-0.2, -0.15) is 0 Å². The van der Waals surface area contributed by atoms with Gasteiger partial charge in [-0.3, -0.25) is 9.59 Å². The second-order valence-corrected chi connectivity index (χ2v) is 7.22. The summed E-state index contributed by atoms with van der Waals surface area (Å²) in [5.74, 6) is 0.905. The van der Waals surface area contributed by atoms with Crippen LogP contribution >= 0.6 is 11.3 Å². The summed E-state index contributed by atoms with van der Waals surface area (Å²) in [5.41, 5.74) is 2.29. The molecule has 4 rings (SSSR count). The molecule has 3 heterocycles. The molecule has 0 atom stereocenters. The summed E-state index contributed by atoms with van der Waals surface area (Å²) in [5, 5.41) is 18.8. The van der Waals surface area contributed by atoms with Crippen LogP contribution in [-0.4, -0.2) is 37.0 Å². The van der Waals surface area contributed by atoms with Crippen LogP contribution in [0.4, 0.5) is 5.13 Å². The number of anilines is 1. The maximum absolute atomic E-state index is 12.3. The topological polar surface area (TPSA) is 128 Å². The molecule has 0 unspecified atom stereocenters. The number of amides is 2. The number of carbonyl (C=O) groups excluding carboxylic acids is 2. The minimum atomic E-state index is -0.170. The average Bonchev–Trinajstić information content (AvgIpc) is 3.48. The third-order valence-electron chi connectivity index (χ3n) is 4.09. The van der Waals surface area contributed by atoms with Crippen LogP contribution in [0.3, 0.4) is 0 Å². The maximum Gasteiger partial charge on any atom is 0.230 e. The van der Waals surface area contributed by atoms with E-state index in [9.17, 15) is 9.59 Å². The van der Waals surface area contributed by atoms with Crippen LogP contribution in [0.2, 0.25) is 0 Å². The first kappa shape index (κ1) is 19.5. The van der Waals surface area contributed by atoms with Crippen LogP contribution in [0.25, 0.3) is 17.1 Å². The van der Waals surface area contributed by atoms with Crippen LogP contribution in [0, 0.1) is 0 Å². The number of hydrogen-bond acceptors (Lipinski definition) is 8. The van der Waals surface area contributed by atoms with Crippen LogP contribution in [0.5, 0.6) is 0 Å². The summed E-state index contributed by atoms with van der Waals surface area (Å²) in [7, 11) is 0. The molecule has 2 amide bonds. The van der Waals surface area contributed by atoms with E-state index in [0.29, 0.717) is 28.9 Å². The van der Waals surface area contributed by atoms with Gasteiger partial charge in [0.2, 0.25) is 11.8 Å². The highest BCUT2D eigenvalue weighted by Crippen LogP contribution is 2.26. The average molecular weight is 423 g/mol. The van der Waals surface area contributed by atoms with Crippen molar-refractivity contribution in [1.29, 1.82) is 0 Å². The van der Waals surface area contributed by atoms with Crippen LogP contribution in [0.15, 0.2) is 52.5 Å². The predicted molar refractivity (Wildman–Crippen MR) is 109 cm³/mol. The molecule has 0 spiro atoms. The van der Waals surface area contributed by atoms with Crippen molar-refractivity contribution in [2.24, 2.45) is 0 Å². The van der Waals surface area contributed by atoms with Crippen molar-refractivity contribution in [3.8, 4) is 17.1 Å². The Bertz CT molecular complexity index is 1150. The van der Waals surface area contributed by atoms with Crippen LogP contribution in [0.1, 0.15) is 18.2 Å². The highest BCUT2D eigenvalue weighted by Gasteiger charge is 2.12. The fraction of sp³-hybridized carbons (Fsp3) is 0.158. The van der Waals surface area contributed by atoms with Crippen LogP contribution in [-0.2, 0) is 22.6 Å². The van der Waals surface area contributed by atoms with Gasteiger partial charge in [-0.15, -0.1) is 16.4 Å². The lowest BCUT2D eigenvalue weighted by molar-refractivity contribution is -0.119. The van der Waals surface area contributed by atoms with Gasteiger partial charge in [0.15, 0.2) is 10.9 Å². The zero-order chi connectivity index (χ0) is 20.9. The molecule has 0 saturated heterocycles. The molecule has 0 aliphatic rings. The van der Waals surface area contributed by atoms with Crippen molar-refractivity contribution in [2.75, 3.05) is 5.32 Å². The van der Waals surface area contributed by atoms with Gasteiger partial charge in [0.1, 0.15) is 17.8 Å². The van der Waals surface area contributed by atoms with Crippen LogP contribution < -0.4 is 10.6 Å². The van der Waals surface area contributed by atoms with E-state index >= 15 is 0 Å². The fourth-order valence-electron chi connectivity index (χ4n) is 2.66. The van der Waals surface area contributed by atoms with Gasteiger partial charge in [0, 0.05) is 12.3 Å². The van der Waals surface area contributed by atoms with E-state index in [1.807, 2.05) is 24.3 Å². The second-order valence-electron chi connectivity index (χ2n) is 6.36. The number of benzene rings is 1. The number of nitrogens with one attached hydrogen (secondary N) is 2. The Hall–Kier alpha value is -3.86. The first-order chi connectivity index (χ1) is 14.6. The number of thiazole rings is 1. The third kappa shape index (κ3) is 4.75. The van der Waals surface area contributed by atoms with Gasteiger partial charge in [-0.05, 0) is 40.3 Å². The number of hydrogen-bond donors (Lipinski definition) is 2. The molecule has 30 heavy (non-hydrogen) atoms. The van der Waals surface area contributed by atoms with Crippen molar-refractivity contribution in [3.05, 3.63) is 59.4 Å². The van der Waals surface area contributed by atoms with E-state index in [1.54, 1.807) is 17.5 Å². The molecule has 0 bridgehead atoms. The van der Waals surface area contributed by atoms with Gasteiger partial charge in [-0.1, -0.05) is 12.1 Å². The quantitative estimate of drug-likeness (QED) is 0.466. The number of nitrogens with zero attached hydrogens (tertiary/aromatic N) is 5. The first-order valence-electron chi connectivity index (χ1n) is 8.98. The highest BCUT2D eigenvalue weighted by atomic mass is 32.1. The minimum absolute atomic E-state index is 0.128. The fourth-order valence-corrected chi connectivity index (χ4v) is 3.38. The van der Waals surface area contributed by atoms with E-state index in [2.05, 4.69) is 31.1 Å².